The monoisotopic (exact) mass is 203 g/mol. The number of benzene rings is 1. The van der Waals surface area contributed by atoms with Gasteiger partial charge in [-0.3, -0.25) is 0 Å². The summed E-state index contributed by atoms with van der Waals surface area (Å²) in [5.74, 6) is 0. The fourth-order valence-corrected chi connectivity index (χ4v) is 2.42. The summed E-state index contributed by atoms with van der Waals surface area (Å²) in [5, 5.41) is 3.68. The fourth-order valence-electron chi connectivity index (χ4n) is 2.42. The number of aryl methyl sites for hydroxylation is 1. The summed E-state index contributed by atoms with van der Waals surface area (Å²) >= 11 is 0. The van der Waals surface area contributed by atoms with E-state index in [1.807, 2.05) is 0 Å². The first-order valence-corrected chi connectivity index (χ1v) is 6.23. The fraction of sp³-hybridized carbons (Fsp3) is 0.571. The Labute approximate surface area is 92.9 Å². The molecule has 0 amide bonds. The number of hydrogen-bond donors (Lipinski definition) is 1. The average Bonchev–Trinajstić information content (AvgIpc) is 2.30. The largest absolute Gasteiger partial charge is 0.310 e. The maximum atomic E-state index is 3.68. The molecule has 2 rings (SSSR count). The highest BCUT2D eigenvalue weighted by Crippen LogP contribution is 2.29. The molecule has 1 aliphatic carbocycles. The zero-order valence-electron chi connectivity index (χ0n) is 9.63. The Morgan fingerprint density at radius 3 is 3.07 bits per heavy atom. The molecular formula is C14H21N. The predicted molar refractivity (Wildman–Crippen MR) is 65.0 cm³/mol. The molecule has 1 aromatic rings. The van der Waals surface area contributed by atoms with E-state index in [-0.39, 0.29) is 0 Å². The molecule has 0 saturated carbocycles. The first-order valence-electron chi connectivity index (χ1n) is 6.23. The summed E-state index contributed by atoms with van der Waals surface area (Å²) in [7, 11) is 0. The standard InChI is InChI=1S/C14H21N/c1-2-3-11-15-14-10-6-8-12-7-4-5-9-13(12)14/h4-5,7,9,14-15H,2-3,6,8,10-11H2,1H3/t14-/m0/s1. The molecule has 1 atom stereocenters. The Morgan fingerprint density at radius 1 is 1.33 bits per heavy atom. The first kappa shape index (κ1) is 10.7. The summed E-state index contributed by atoms with van der Waals surface area (Å²) in [6.07, 6.45) is 6.48. The van der Waals surface area contributed by atoms with E-state index in [9.17, 15) is 0 Å². The summed E-state index contributed by atoms with van der Waals surface area (Å²) in [5.41, 5.74) is 3.10. The van der Waals surface area contributed by atoms with Crippen LogP contribution in [0.1, 0.15) is 49.8 Å². The molecule has 0 bridgehead atoms. The molecule has 1 nitrogen and oxygen atoms in total. The lowest BCUT2D eigenvalue weighted by molar-refractivity contribution is 0.454. The van der Waals surface area contributed by atoms with E-state index in [0.29, 0.717) is 6.04 Å². The number of fused-ring (bicyclic) bond motifs is 1. The topological polar surface area (TPSA) is 12.0 Å². The van der Waals surface area contributed by atoms with Crippen LogP contribution >= 0.6 is 0 Å². The van der Waals surface area contributed by atoms with Crippen molar-refractivity contribution in [2.24, 2.45) is 0 Å². The van der Waals surface area contributed by atoms with Gasteiger partial charge >= 0.3 is 0 Å². The van der Waals surface area contributed by atoms with E-state index < -0.39 is 0 Å². The van der Waals surface area contributed by atoms with Crippen LogP contribution in [0.25, 0.3) is 0 Å². The van der Waals surface area contributed by atoms with Crippen LogP contribution in [-0.2, 0) is 6.42 Å². The SMILES string of the molecule is CCCCN[C@H]1CCCc2ccccc21. The van der Waals surface area contributed by atoms with Crippen LogP contribution < -0.4 is 5.32 Å². The molecule has 1 aromatic carbocycles. The molecule has 0 aliphatic heterocycles. The van der Waals surface area contributed by atoms with Crippen LogP contribution in [-0.4, -0.2) is 6.54 Å². The quantitative estimate of drug-likeness (QED) is 0.739. The first-order chi connectivity index (χ1) is 7.42. The van der Waals surface area contributed by atoms with E-state index in [1.54, 1.807) is 11.1 Å². The second kappa shape index (κ2) is 5.32. The molecule has 0 unspecified atom stereocenters. The van der Waals surface area contributed by atoms with Crippen LogP contribution in [0.5, 0.6) is 0 Å². The van der Waals surface area contributed by atoms with E-state index in [1.165, 1.54) is 32.1 Å². The van der Waals surface area contributed by atoms with Gasteiger partial charge in [-0.15, -0.1) is 0 Å². The number of hydrogen-bond acceptors (Lipinski definition) is 1. The zero-order valence-corrected chi connectivity index (χ0v) is 9.63. The highest BCUT2D eigenvalue weighted by atomic mass is 14.9. The van der Waals surface area contributed by atoms with E-state index in [4.69, 9.17) is 0 Å². The lowest BCUT2D eigenvalue weighted by Gasteiger charge is -2.26. The Balaban J connectivity index is 2.02. The Hall–Kier alpha value is -0.820. The van der Waals surface area contributed by atoms with Gasteiger partial charge < -0.3 is 5.32 Å². The Kier molecular flexibility index (Phi) is 3.79. The van der Waals surface area contributed by atoms with Crippen molar-refractivity contribution in [1.29, 1.82) is 0 Å². The minimum Gasteiger partial charge on any atom is -0.310 e. The van der Waals surface area contributed by atoms with Crippen molar-refractivity contribution in [2.75, 3.05) is 6.54 Å². The van der Waals surface area contributed by atoms with Gasteiger partial charge in [0, 0.05) is 6.04 Å². The molecule has 0 aromatic heterocycles. The maximum Gasteiger partial charge on any atom is 0.0323 e. The third-order valence-electron chi connectivity index (χ3n) is 3.29. The summed E-state index contributed by atoms with van der Waals surface area (Å²) in [4.78, 5) is 0. The van der Waals surface area contributed by atoms with Crippen molar-refractivity contribution >= 4 is 0 Å². The predicted octanol–water partition coefficient (Wildman–Crippen LogP) is 3.45. The van der Waals surface area contributed by atoms with Crippen LogP contribution in [0.15, 0.2) is 24.3 Å². The van der Waals surface area contributed by atoms with Gasteiger partial charge in [-0.1, -0.05) is 37.6 Å². The van der Waals surface area contributed by atoms with Gasteiger partial charge in [-0.05, 0) is 43.4 Å². The van der Waals surface area contributed by atoms with Gasteiger partial charge in [0.1, 0.15) is 0 Å². The third-order valence-corrected chi connectivity index (χ3v) is 3.29. The third kappa shape index (κ3) is 2.60. The summed E-state index contributed by atoms with van der Waals surface area (Å²) in [6.45, 7) is 3.41. The molecule has 0 fully saturated rings. The van der Waals surface area contributed by atoms with Crippen LogP contribution in [0.4, 0.5) is 0 Å². The highest BCUT2D eigenvalue weighted by molar-refractivity contribution is 5.32. The Bertz CT molecular complexity index is 306. The van der Waals surface area contributed by atoms with Crippen molar-refractivity contribution in [3.63, 3.8) is 0 Å². The molecule has 0 radical (unpaired) electrons. The molecule has 15 heavy (non-hydrogen) atoms. The lowest BCUT2D eigenvalue weighted by Crippen LogP contribution is -2.25. The summed E-state index contributed by atoms with van der Waals surface area (Å²) in [6, 6.07) is 9.51. The molecule has 1 heteroatoms. The van der Waals surface area contributed by atoms with Crippen molar-refractivity contribution in [2.45, 2.75) is 45.1 Å². The second-order valence-corrected chi connectivity index (χ2v) is 4.45. The maximum absolute atomic E-state index is 3.68. The van der Waals surface area contributed by atoms with Gasteiger partial charge in [0.05, 0.1) is 0 Å². The normalized spacial score (nSPS) is 19.9. The van der Waals surface area contributed by atoms with Gasteiger partial charge in [-0.2, -0.15) is 0 Å². The number of nitrogens with one attached hydrogen (secondary N) is 1. The Morgan fingerprint density at radius 2 is 2.20 bits per heavy atom. The number of unbranched alkanes of at least 4 members (excludes halogenated alkanes) is 1. The van der Waals surface area contributed by atoms with Crippen molar-refractivity contribution < 1.29 is 0 Å². The average molecular weight is 203 g/mol. The van der Waals surface area contributed by atoms with Gasteiger partial charge in [0.2, 0.25) is 0 Å². The molecular weight excluding hydrogens is 182 g/mol. The van der Waals surface area contributed by atoms with Crippen molar-refractivity contribution in [1.82, 2.24) is 5.32 Å². The molecule has 82 valence electrons. The second-order valence-electron chi connectivity index (χ2n) is 4.45. The van der Waals surface area contributed by atoms with Crippen LogP contribution in [0.3, 0.4) is 0 Å². The highest BCUT2D eigenvalue weighted by Gasteiger charge is 2.18. The van der Waals surface area contributed by atoms with Gasteiger partial charge in [0.15, 0.2) is 0 Å². The molecule has 1 N–H and O–H groups in total. The smallest absolute Gasteiger partial charge is 0.0323 e. The van der Waals surface area contributed by atoms with Crippen LogP contribution in [0, 0.1) is 0 Å². The minimum atomic E-state index is 0.612. The van der Waals surface area contributed by atoms with Gasteiger partial charge in [-0.25, -0.2) is 0 Å². The number of rotatable bonds is 4. The van der Waals surface area contributed by atoms with E-state index >= 15 is 0 Å². The molecule has 1 aliphatic rings. The zero-order chi connectivity index (χ0) is 10.5. The molecule has 0 heterocycles. The minimum absolute atomic E-state index is 0.612. The lowest BCUT2D eigenvalue weighted by atomic mass is 9.88. The van der Waals surface area contributed by atoms with Crippen molar-refractivity contribution in [3.8, 4) is 0 Å². The summed E-state index contributed by atoms with van der Waals surface area (Å²) < 4.78 is 0. The van der Waals surface area contributed by atoms with E-state index in [2.05, 4.69) is 36.5 Å². The van der Waals surface area contributed by atoms with Crippen molar-refractivity contribution in [3.05, 3.63) is 35.4 Å². The molecule has 0 saturated heterocycles. The van der Waals surface area contributed by atoms with Crippen LogP contribution in [0.2, 0.25) is 0 Å². The van der Waals surface area contributed by atoms with E-state index in [0.717, 1.165) is 6.54 Å². The van der Waals surface area contributed by atoms with Gasteiger partial charge in [0.25, 0.3) is 0 Å². The molecule has 0 spiro atoms.